The minimum atomic E-state index is -0.556. The Labute approximate surface area is 146 Å². The molecule has 0 aliphatic carbocycles. The van der Waals surface area contributed by atoms with E-state index in [4.69, 9.17) is 15.2 Å². The first-order chi connectivity index (χ1) is 12.2. The third-order valence-corrected chi connectivity index (χ3v) is 4.24. The fraction of sp³-hybridized carbons (Fsp3) is 0.412. The number of nitrogens with two attached hydrogens (primary N) is 1. The Morgan fingerprint density at radius 2 is 2.08 bits per heavy atom. The van der Waals surface area contributed by atoms with E-state index in [-0.39, 0.29) is 5.69 Å². The van der Waals surface area contributed by atoms with E-state index < -0.39 is 5.91 Å². The molecule has 2 aromatic heterocycles. The number of carbonyl (C=O) groups is 1. The molecule has 2 aromatic rings. The van der Waals surface area contributed by atoms with Crippen LogP contribution in [0.2, 0.25) is 0 Å². The van der Waals surface area contributed by atoms with Crippen LogP contribution < -0.4 is 20.1 Å². The molecular formula is C17H21N5O3. The molecule has 0 atom stereocenters. The van der Waals surface area contributed by atoms with Crippen molar-refractivity contribution in [2.75, 3.05) is 31.7 Å². The first-order valence-corrected chi connectivity index (χ1v) is 8.15. The van der Waals surface area contributed by atoms with Crippen molar-refractivity contribution in [2.45, 2.75) is 12.8 Å². The van der Waals surface area contributed by atoms with Gasteiger partial charge in [0.05, 0.1) is 13.7 Å². The number of amides is 1. The molecule has 0 bridgehead atoms. The fourth-order valence-corrected chi connectivity index (χ4v) is 2.79. The van der Waals surface area contributed by atoms with Gasteiger partial charge in [-0.2, -0.15) is 0 Å². The SMILES string of the molecule is COc1cc(N2CCC(COc3ccnc(C(N)=O)c3)CC2)ncn1. The Bertz CT molecular complexity index is 732. The van der Waals surface area contributed by atoms with Crippen LogP contribution in [0.15, 0.2) is 30.7 Å². The van der Waals surface area contributed by atoms with Gasteiger partial charge in [0.25, 0.3) is 5.91 Å². The highest BCUT2D eigenvalue weighted by Crippen LogP contribution is 2.24. The second-order valence-corrected chi connectivity index (χ2v) is 5.90. The molecule has 1 aliphatic rings. The number of methoxy groups -OCH3 is 1. The predicted octanol–water partition coefficient (Wildman–Crippen LogP) is 1.27. The molecule has 8 nitrogen and oxygen atoms in total. The zero-order valence-corrected chi connectivity index (χ0v) is 14.1. The number of aromatic nitrogens is 3. The second-order valence-electron chi connectivity index (χ2n) is 5.90. The molecule has 0 aromatic carbocycles. The van der Waals surface area contributed by atoms with E-state index in [1.54, 1.807) is 19.2 Å². The summed E-state index contributed by atoms with van der Waals surface area (Å²) in [6.07, 6.45) is 5.05. The lowest BCUT2D eigenvalue weighted by molar-refractivity contribution is 0.0995. The lowest BCUT2D eigenvalue weighted by Crippen LogP contribution is -2.36. The maximum absolute atomic E-state index is 11.2. The van der Waals surface area contributed by atoms with E-state index in [0.717, 1.165) is 31.7 Å². The van der Waals surface area contributed by atoms with Crippen molar-refractivity contribution in [1.82, 2.24) is 15.0 Å². The van der Waals surface area contributed by atoms with E-state index in [1.807, 2.05) is 6.07 Å². The number of anilines is 1. The van der Waals surface area contributed by atoms with Crippen molar-refractivity contribution in [2.24, 2.45) is 11.7 Å². The van der Waals surface area contributed by atoms with Crippen molar-refractivity contribution < 1.29 is 14.3 Å². The molecule has 3 heterocycles. The summed E-state index contributed by atoms with van der Waals surface area (Å²) in [5.41, 5.74) is 5.44. The minimum absolute atomic E-state index is 0.213. The Hall–Kier alpha value is -2.90. The lowest BCUT2D eigenvalue weighted by Gasteiger charge is -2.32. The maximum atomic E-state index is 11.2. The van der Waals surface area contributed by atoms with Gasteiger partial charge in [-0.3, -0.25) is 9.78 Å². The summed E-state index contributed by atoms with van der Waals surface area (Å²) in [6.45, 7) is 2.40. The summed E-state index contributed by atoms with van der Waals surface area (Å²) in [5.74, 6) is 1.96. The molecule has 1 aliphatic heterocycles. The minimum Gasteiger partial charge on any atom is -0.493 e. The zero-order valence-electron chi connectivity index (χ0n) is 14.1. The molecule has 8 heteroatoms. The van der Waals surface area contributed by atoms with E-state index in [1.165, 1.54) is 12.5 Å². The molecule has 0 unspecified atom stereocenters. The van der Waals surface area contributed by atoms with Crippen LogP contribution in [0, 0.1) is 5.92 Å². The largest absolute Gasteiger partial charge is 0.493 e. The molecule has 25 heavy (non-hydrogen) atoms. The summed E-state index contributed by atoms with van der Waals surface area (Å²) in [7, 11) is 1.60. The van der Waals surface area contributed by atoms with Gasteiger partial charge in [0.2, 0.25) is 5.88 Å². The number of piperidine rings is 1. The summed E-state index contributed by atoms with van der Waals surface area (Å²) >= 11 is 0. The smallest absolute Gasteiger partial charge is 0.267 e. The number of rotatable bonds is 6. The molecule has 1 amide bonds. The van der Waals surface area contributed by atoms with Crippen molar-refractivity contribution in [3.8, 4) is 11.6 Å². The first kappa shape index (κ1) is 16.9. The third-order valence-electron chi connectivity index (χ3n) is 4.24. The number of pyridine rings is 1. The van der Waals surface area contributed by atoms with Crippen LogP contribution in [0.1, 0.15) is 23.3 Å². The van der Waals surface area contributed by atoms with Crippen molar-refractivity contribution >= 4 is 11.7 Å². The Balaban J connectivity index is 1.51. The number of ether oxygens (including phenoxy) is 2. The highest BCUT2D eigenvalue weighted by atomic mass is 16.5. The van der Waals surface area contributed by atoms with E-state index >= 15 is 0 Å². The molecule has 1 fully saturated rings. The van der Waals surface area contributed by atoms with Crippen molar-refractivity contribution in [1.29, 1.82) is 0 Å². The lowest BCUT2D eigenvalue weighted by atomic mass is 9.98. The van der Waals surface area contributed by atoms with E-state index in [2.05, 4.69) is 19.9 Å². The number of nitrogens with zero attached hydrogens (tertiary/aromatic N) is 4. The van der Waals surface area contributed by atoms with Gasteiger partial charge in [0.1, 0.15) is 23.6 Å². The van der Waals surface area contributed by atoms with Crippen LogP contribution in [-0.4, -0.2) is 47.7 Å². The van der Waals surface area contributed by atoms with Crippen LogP contribution in [0.4, 0.5) is 5.82 Å². The number of hydrogen-bond acceptors (Lipinski definition) is 7. The molecular weight excluding hydrogens is 322 g/mol. The number of primary amides is 1. The average Bonchev–Trinajstić information content (AvgIpc) is 2.67. The third kappa shape index (κ3) is 4.34. The van der Waals surface area contributed by atoms with Gasteiger partial charge in [-0.1, -0.05) is 0 Å². The normalized spacial score (nSPS) is 15.0. The quantitative estimate of drug-likeness (QED) is 0.842. The fourth-order valence-electron chi connectivity index (χ4n) is 2.79. The standard InChI is InChI=1S/C17H21N5O3/c1-24-16-9-15(20-11-21-16)22-6-3-12(4-7-22)10-25-13-2-5-19-14(8-13)17(18)23/h2,5,8-9,11-12H,3-4,6-7,10H2,1H3,(H2,18,23). The van der Waals surface area contributed by atoms with Gasteiger partial charge in [0, 0.05) is 31.4 Å². The van der Waals surface area contributed by atoms with E-state index in [0.29, 0.717) is 24.2 Å². The van der Waals surface area contributed by atoms with Gasteiger partial charge in [-0.05, 0) is 24.8 Å². The summed E-state index contributed by atoms with van der Waals surface area (Å²) in [5, 5.41) is 0. The number of hydrogen-bond donors (Lipinski definition) is 1. The first-order valence-electron chi connectivity index (χ1n) is 8.15. The van der Waals surface area contributed by atoms with Gasteiger partial charge < -0.3 is 20.1 Å². The summed E-state index contributed by atoms with van der Waals surface area (Å²) in [4.78, 5) is 25.6. The second kappa shape index (κ2) is 7.78. The van der Waals surface area contributed by atoms with Gasteiger partial charge in [0.15, 0.2) is 0 Å². The Morgan fingerprint density at radius 3 is 2.80 bits per heavy atom. The van der Waals surface area contributed by atoms with Crippen LogP contribution in [0.3, 0.4) is 0 Å². The molecule has 132 valence electrons. The van der Waals surface area contributed by atoms with Crippen LogP contribution in [-0.2, 0) is 0 Å². The Kier molecular flexibility index (Phi) is 5.27. The van der Waals surface area contributed by atoms with Crippen molar-refractivity contribution in [3.05, 3.63) is 36.4 Å². The molecule has 0 spiro atoms. The average molecular weight is 343 g/mol. The summed E-state index contributed by atoms with van der Waals surface area (Å²) in [6, 6.07) is 5.15. The molecule has 1 saturated heterocycles. The maximum Gasteiger partial charge on any atom is 0.267 e. The molecule has 0 saturated carbocycles. The van der Waals surface area contributed by atoms with Crippen LogP contribution >= 0.6 is 0 Å². The van der Waals surface area contributed by atoms with Gasteiger partial charge >= 0.3 is 0 Å². The van der Waals surface area contributed by atoms with Gasteiger partial charge in [-0.25, -0.2) is 9.97 Å². The highest BCUT2D eigenvalue weighted by molar-refractivity contribution is 5.91. The van der Waals surface area contributed by atoms with Crippen LogP contribution in [0.5, 0.6) is 11.6 Å². The van der Waals surface area contributed by atoms with Crippen molar-refractivity contribution in [3.63, 3.8) is 0 Å². The molecule has 2 N–H and O–H groups in total. The monoisotopic (exact) mass is 343 g/mol. The summed E-state index contributed by atoms with van der Waals surface area (Å²) < 4.78 is 10.9. The predicted molar refractivity (Wildman–Crippen MR) is 91.8 cm³/mol. The topological polar surface area (TPSA) is 103 Å². The van der Waals surface area contributed by atoms with Gasteiger partial charge in [-0.15, -0.1) is 0 Å². The molecule has 0 radical (unpaired) electrons. The zero-order chi connectivity index (χ0) is 17.6. The molecule has 3 rings (SSSR count). The van der Waals surface area contributed by atoms with E-state index in [9.17, 15) is 4.79 Å². The highest BCUT2D eigenvalue weighted by Gasteiger charge is 2.21. The Morgan fingerprint density at radius 1 is 1.28 bits per heavy atom. The van der Waals surface area contributed by atoms with Crippen LogP contribution in [0.25, 0.3) is 0 Å². The number of carbonyl (C=O) groups excluding carboxylic acids is 1.